The lowest BCUT2D eigenvalue weighted by Crippen LogP contribution is -2.17. The predicted octanol–water partition coefficient (Wildman–Crippen LogP) is 1.69. The molecule has 0 atom stereocenters. The Morgan fingerprint density at radius 3 is 2.74 bits per heavy atom. The number of aromatic nitrogens is 3. The van der Waals surface area contributed by atoms with Crippen molar-refractivity contribution in [3.8, 4) is 0 Å². The number of H-pyrrole nitrogens is 1. The van der Waals surface area contributed by atoms with Gasteiger partial charge < -0.3 is 10.2 Å². The molecule has 6 nitrogen and oxygen atoms in total. The number of carbonyl (C=O) groups excluding carboxylic acids is 1. The summed E-state index contributed by atoms with van der Waals surface area (Å²) in [5.74, 6) is 0.543. The van der Waals surface area contributed by atoms with Crippen molar-refractivity contribution in [2.24, 2.45) is 0 Å². The van der Waals surface area contributed by atoms with E-state index in [1.807, 2.05) is 50.2 Å². The Morgan fingerprint density at radius 2 is 2.11 bits per heavy atom. The highest BCUT2D eigenvalue weighted by molar-refractivity contribution is 6.03. The number of aryl methyl sites for hydroxylation is 1. The lowest BCUT2D eigenvalue weighted by molar-refractivity contribution is 0.101. The van der Waals surface area contributed by atoms with Gasteiger partial charge in [0, 0.05) is 20.5 Å². The van der Waals surface area contributed by atoms with Crippen molar-refractivity contribution in [1.82, 2.24) is 15.2 Å². The number of aromatic amines is 1. The molecule has 0 aliphatic carbocycles. The number of hydrogen-bond acceptors (Lipinski definition) is 4. The number of hydrogen-bond donors (Lipinski definition) is 2. The van der Waals surface area contributed by atoms with E-state index in [0.29, 0.717) is 12.2 Å². The smallest absolute Gasteiger partial charge is 0.295 e. The predicted molar refractivity (Wildman–Crippen MR) is 74.5 cm³/mol. The Hall–Kier alpha value is -2.37. The van der Waals surface area contributed by atoms with Crippen LogP contribution in [0.1, 0.15) is 23.4 Å². The van der Waals surface area contributed by atoms with Crippen LogP contribution >= 0.6 is 0 Å². The van der Waals surface area contributed by atoms with Gasteiger partial charge in [0.1, 0.15) is 5.82 Å². The van der Waals surface area contributed by atoms with Crippen LogP contribution in [0.2, 0.25) is 0 Å². The normalized spacial score (nSPS) is 10.3. The maximum absolute atomic E-state index is 12.0. The molecule has 0 fully saturated rings. The minimum atomic E-state index is -0.315. The van der Waals surface area contributed by atoms with Gasteiger partial charge in [-0.3, -0.25) is 9.89 Å². The summed E-state index contributed by atoms with van der Waals surface area (Å²) in [6, 6.07) is 7.58. The number of benzene rings is 1. The summed E-state index contributed by atoms with van der Waals surface area (Å²) in [5, 5.41) is 9.44. The molecule has 0 radical (unpaired) electrons. The molecule has 0 saturated heterocycles. The number of nitrogens with one attached hydrogen (secondary N) is 2. The first kappa shape index (κ1) is 13.1. The largest absolute Gasteiger partial charge is 0.376 e. The maximum atomic E-state index is 12.0. The Kier molecular flexibility index (Phi) is 3.79. The van der Waals surface area contributed by atoms with Crippen LogP contribution in [0, 0.1) is 0 Å². The van der Waals surface area contributed by atoms with Crippen molar-refractivity contribution >= 4 is 17.3 Å². The Bertz CT molecular complexity index is 576. The van der Waals surface area contributed by atoms with Gasteiger partial charge in [0.15, 0.2) is 0 Å². The number of rotatable bonds is 4. The number of amides is 1. The molecule has 2 rings (SSSR count). The monoisotopic (exact) mass is 259 g/mol. The van der Waals surface area contributed by atoms with Crippen molar-refractivity contribution in [1.29, 1.82) is 0 Å². The summed E-state index contributed by atoms with van der Waals surface area (Å²) < 4.78 is 0. The highest BCUT2D eigenvalue weighted by Gasteiger charge is 2.14. The fourth-order valence-corrected chi connectivity index (χ4v) is 1.70. The Balaban J connectivity index is 2.19. The van der Waals surface area contributed by atoms with Gasteiger partial charge in [-0.2, -0.15) is 0 Å². The number of anilines is 2. The van der Waals surface area contributed by atoms with Crippen molar-refractivity contribution in [2.45, 2.75) is 13.3 Å². The van der Waals surface area contributed by atoms with E-state index in [-0.39, 0.29) is 11.7 Å². The molecule has 1 aromatic heterocycles. The molecule has 0 spiro atoms. The molecular weight excluding hydrogens is 242 g/mol. The SMILES string of the molecule is CCc1nc(C(=O)Nc2ccccc2N(C)C)n[nH]1. The second-order valence-corrected chi connectivity index (χ2v) is 4.32. The average Bonchev–Trinajstić information content (AvgIpc) is 2.88. The third-order valence-corrected chi connectivity index (χ3v) is 2.70. The van der Waals surface area contributed by atoms with Crippen LogP contribution in [-0.4, -0.2) is 35.2 Å². The summed E-state index contributed by atoms with van der Waals surface area (Å²) in [5.41, 5.74) is 1.67. The zero-order valence-corrected chi connectivity index (χ0v) is 11.3. The zero-order chi connectivity index (χ0) is 13.8. The molecule has 0 bridgehead atoms. The lowest BCUT2D eigenvalue weighted by Gasteiger charge is -2.17. The minimum absolute atomic E-state index is 0.158. The van der Waals surface area contributed by atoms with E-state index in [4.69, 9.17) is 0 Å². The molecule has 1 aromatic carbocycles. The molecule has 19 heavy (non-hydrogen) atoms. The average molecular weight is 259 g/mol. The minimum Gasteiger partial charge on any atom is -0.376 e. The van der Waals surface area contributed by atoms with Crippen LogP contribution in [0.25, 0.3) is 0 Å². The Morgan fingerprint density at radius 1 is 1.37 bits per heavy atom. The first-order valence-corrected chi connectivity index (χ1v) is 6.10. The maximum Gasteiger partial charge on any atom is 0.295 e. The highest BCUT2D eigenvalue weighted by atomic mass is 16.2. The molecule has 6 heteroatoms. The van der Waals surface area contributed by atoms with Crippen LogP contribution in [0.5, 0.6) is 0 Å². The Labute approximate surface area is 111 Å². The van der Waals surface area contributed by atoms with Gasteiger partial charge in [-0.25, -0.2) is 4.98 Å². The topological polar surface area (TPSA) is 73.9 Å². The number of carbonyl (C=O) groups is 1. The lowest BCUT2D eigenvalue weighted by atomic mass is 10.2. The van der Waals surface area contributed by atoms with Crippen LogP contribution < -0.4 is 10.2 Å². The van der Waals surface area contributed by atoms with Crippen molar-refractivity contribution < 1.29 is 4.79 Å². The van der Waals surface area contributed by atoms with E-state index in [1.165, 1.54) is 0 Å². The van der Waals surface area contributed by atoms with Crippen LogP contribution in [0.15, 0.2) is 24.3 Å². The standard InChI is InChI=1S/C13H17N5O/c1-4-11-15-12(17-16-11)13(19)14-9-7-5-6-8-10(9)18(2)3/h5-8H,4H2,1-3H3,(H,14,19)(H,15,16,17). The van der Waals surface area contributed by atoms with Crippen molar-refractivity contribution in [3.05, 3.63) is 35.9 Å². The summed E-state index contributed by atoms with van der Waals surface area (Å²) in [6.45, 7) is 1.95. The van der Waals surface area contributed by atoms with E-state index in [9.17, 15) is 4.79 Å². The van der Waals surface area contributed by atoms with E-state index in [1.54, 1.807) is 0 Å². The second-order valence-electron chi connectivity index (χ2n) is 4.32. The molecule has 0 aliphatic rings. The number of para-hydroxylation sites is 2. The summed E-state index contributed by atoms with van der Waals surface area (Å²) in [7, 11) is 3.85. The molecular formula is C13H17N5O. The molecule has 2 aromatic rings. The molecule has 1 heterocycles. The van der Waals surface area contributed by atoms with Gasteiger partial charge in [-0.05, 0) is 12.1 Å². The number of nitrogens with zero attached hydrogens (tertiary/aromatic N) is 3. The van der Waals surface area contributed by atoms with Crippen LogP contribution in [0.3, 0.4) is 0 Å². The van der Waals surface area contributed by atoms with Crippen molar-refractivity contribution in [3.63, 3.8) is 0 Å². The van der Waals surface area contributed by atoms with Crippen molar-refractivity contribution in [2.75, 3.05) is 24.3 Å². The summed E-state index contributed by atoms with van der Waals surface area (Å²) >= 11 is 0. The molecule has 2 N–H and O–H groups in total. The van der Waals surface area contributed by atoms with E-state index < -0.39 is 0 Å². The van der Waals surface area contributed by atoms with Gasteiger partial charge in [-0.1, -0.05) is 19.1 Å². The van der Waals surface area contributed by atoms with Crippen LogP contribution in [-0.2, 0) is 6.42 Å². The van der Waals surface area contributed by atoms with Gasteiger partial charge in [0.05, 0.1) is 11.4 Å². The summed E-state index contributed by atoms with van der Waals surface area (Å²) in [6.07, 6.45) is 0.717. The van der Waals surface area contributed by atoms with Crippen LogP contribution in [0.4, 0.5) is 11.4 Å². The first-order chi connectivity index (χ1) is 9.11. The third-order valence-electron chi connectivity index (χ3n) is 2.70. The second kappa shape index (κ2) is 5.51. The fraction of sp³-hybridized carbons (Fsp3) is 0.308. The molecule has 0 unspecified atom stereocenters. The van der Waals surface area contributed by atoms with E-state index >= 15 is 0 Å². The van der Waals surface area contributed by atoms with E-state index in [0.717, 1.165) is 11.4 Å². The molecule has 100 valence electrons. The van der Waals surface area contributed by atoms with Gasteiger partial charge in [-0.15, -0.1) is 5.10 Å². The molecule has 0 saturated carbocycles. The quantitative estimate of drug-likeness (QED) is 0.876. The van der Waals surface area contributed by atoms with Gasteiger partial charge in [0.25, 0.3) is 5.91 Å². The molecule has 0 aliphatic heterocycles. The molecule has 1 amide bonds. The fourth-order valence-electron chi connectivity index (χ4n) is 1.70. The summed E-state index contributed by atoms with van der Waals surface area (Å²) in [4.78, 5) is 18.1. The zero-order valence-electron chi connectivity index (χ0n) is 11.3. The first-order valence-electron chi connectivity index (χ1n) is 6.10. The van der Waals surface area contributed by atoms with Gasteiger partial charge >= 0.3 is 0 Å². The highest BCUT2D eigenvalue weighted by Crippen LogP contribution is 2.23. The van der Waals surface area contributed by atoms with E-state index in [2.05, 4.69) is 20.5 Å². The van der Waals surface area contributed by atoms with Gasteiger partial charge in [0.2, 0.25) is 5.82 Å². The third kappa shape index (κ3) is 2.90.